The van der Waals surface area contributed by atoms with E-state index in [2.05, 4.69) is 32.9 Å². The van der Waals surface area contributed by atoms with E-state index in [4.69, 9.17) is 13.9 Å². The Morgan fingerprint density at radius 2 is 1.90 bits per heavy atom. The Balaban J connectivity index is 1.66. The standard InChI is InChI=1S/C26H36O4/c1-19(9-6-10-20(2)12-8-14-23-15-16-29-18-23)11-7-13-21(3)17-24-25(28-5)22(4)26(27)30-24/h9,12,15-18,21H,6-8,10-11,13-14H2,1-5H3/b19-9+,20-12+,24-17-. The van der Waals surface area contributed by atoms with Gasteiger partial charge in [-0.3, -0.25) is 0 Å². The molecule has 0 spiro atoms. The van der Waals surface area contributed by atoms with E-state index in [1.165, 1.54) is 16.7 Å². The van der Waals surface area contributed by atoms with Gasteiger partial charge >= 0.3 is 5.97 Å². The van der Waals surface area contributed by atoms with Crippen LogP contribution in [-0.2, 0) is 20.7 Å². The molecule has 164 valence electrons. The molecular weight excluding hydrogens is 376 g/mol. The number of ether oxygens (including phenoxy) is 2. The van der Waals surface area contributed by atoms with Crippen molar-refractivity contribution in [2.24, 2.45) is 5.92 Å². The van der Waals surface area contributed by atoms with Gasteiger partial charge in [0.05, 0.1) is 25.2 Å². The summed E-state index contributed by atoms with van der Waals surface area (Å²) >= 11 is 0. The number of hydrogen-bond acceptors (Lipinski definition) is 4. The number of carbonyl (C=O) groups is 1. The molecule has 1 aliphatic heterocycles. The highest BCUT2D eigenvalue weighted by Crippen LogP contribution is 2.28. The Kier molecular flexibility index (Phi) is 9.72. The third-order valence-electron chi connectivity index (χ3n) is 5.48. The predicted octanol–water partition coefficient (Wildman–Crippen LogP) is 7.05. The fourth-order valence-corrected chi connectivity index (χ4v) is 3.58. The molecule has 4 nitrogen and oxygen atoms in total. The van der Waals surface area contributed by atoms with Gasteiger partial charge in [-0.25, -0.2) is 4.79 Å². The number of carbonyl (C=O) groups excluding carboxylic acids is 1. The van der Waals surface area contributed by atoms with Gasteiger partial charge in [0.25, 0.3) is 0 Å². The Morgan fingerprint density at radius 3 is 2.60 bits per heavy atom. The van der Waals surface area contributed by atoms with E-state index in [0.29, 0.717) is 23.0 Å². The first-order chi connectivity index (χ1) is 14.4. The van der Waals surface area contributed by atoms with Crippen molar-refractivity contribution >= 4 is 5.97 Å². The number of rotatable bonds is 12. The highest BCUT2D eigenvalue weighted by atomic mass is 16.6. The van der Waals surface area contributed by atoms with Crippen molar-refractivity contribution in [3.8, 4) is 0 Å². The van der Waals surface area contributed by atoms with Crippen molar-refractivity contribution in [3.05, 3.63) is 70.6 Å². The molecule has 1 aromatic rings. The van der Waals surface area contributed by atoms with Gasteiger partial charge in [-0.2, -0.15) is 0 Å². The molecule has 4 heteroatoms. The molecule has 1 aliphatic rings. The van der Waals surface area contributed by atoms with Crippen LogP contribution in [-0.4, -0.2) is 13.1 Å². The fraction of sp³-hybridized carbons (Fsp3) is 0.500. The maximum Gasteiger partial charge on any atom is 0.343 e. The first-order valence-corrected chi connectivity index (χ1v) is 10.9. The summed E-state index contributed by atoms with van der Waals surface area (Å²) in [6.07, 6.45) is 17.8. The lowest BCUT2D eigenvalue weighted by Gasteiger charge is -2.09. The van der Waals surface area contributed by atoms with Crippen molar-refractivity contribution < 1.29 is 18.7 Å². The number of allylic oxidation sites excluding steroid dienone is 5. The first kappa shape index (κ1) is 23.8. The molecule has 0 N–H and O–H groups in total. The minimum absolute atomic E-state index is 0.310. The molecule has 2 heterocycles. The smallest absolute Gasteiger partial charge is 0.343 e. The van der Waals surface area contributed by atoms with Gasteiger partial charge in [0.1, 0.15) is 0 Å². The molecule has 1 atom stereocenters. The molecular formula is C26H36O4. The molecule has 0 aromatic carbocycles. The average Bonchev–Trinajstić information content (AvgIpc) is 3.30. The maximum atomic E-state index is 11.7. The zero-order chi connectivity index (χ0) is 21.9. The molecule has 30 heavy (non-hydrogen) atoms. The van der Waals surface area contributed by atoms with E-state index in [9.17, 15) is 4.79 Å². The number of cyclic esters (lactones) is 1. The summed E-state index contributed by atoms with van der Waals surface area (Å²) in [6.45, 7) is 8.32. The van der Waals surface area contributed by atoms with Crippen LogP contribution in [0.1, 0.15) is 71.8 Å². The van der Waals surface area contributed by atoms with E-state index in [1.54, 1.807) is 20.3 Å². The van der Waals surface area contributed by atoms with Crippen molar-refractivity contribution in [1.82, 2.24) is 0 Å². The van der Waals surface area contributed by atoms with Gasteiger partial charge < -0.3 is 13.9 Å². The molecule has 0 aliphatic carbocycles. The lowest BCUT2D eigenvalue weighted by Crippen LogP contribution is -1.98. The number of esters is 1. The van der Waals surface area contributed by atoms with Crippen molar-refractivity contribution in [2.45, 2.75) is 72.6 Å². The van der Waals surface area contributed by atoms with Crippen LogP contribution in [0.25, 0.3) is 0 Å². The summed E-state index contributed by atoms with van der Waals surface area (Å²) in [5.74, 6) is 1.15. The zero-order valence-corrected chi connectivity index (χ0v) is 19.1. The lowest BCUT2D eigenvalue weighted by molar-refractivity contribution is -0.133. The number of furan rings is 1. The molecule has 0 saturated carbocycles. The molecule has 0 saturated heterocycles. The van der Waals surface area contributed by atoms with Crippen LogP contribution in [0, 0.1) is 5.92 Å². The van der Waals surface area contributed by atoms with Crippen LogP contribution < -0.4 is 0 Å². The highest BCUT2D eigenvalue weighted by Gasteiger charge is 2.27. The van der Waals surface area contributed by atoms with Crippen molar-refractivity contribution in [3.63, 3.8) is 0 Å². The summed E-state index contributed by atoms with van der Waals surface area (Å²) in [5, 5.41) is 0. The molecule has 0 bridgehead atoms. The second kappa shape index (κ2) is 12.3. The molecule has 0 fully saturated rings. The molecule has 0 amide bonds. The van der Waals surface area contributed by atoms with Crippen molar-refractivity contribution in [2.75, 3.05) is 7.11 Å². The molecule has 1 unspecified atom stereocenters. The largest absolute Gasteiger partial charge is 0.492 e. The lowest BCUT2D eigenvalue weighted by atomic mass is 9.99. The van der Waals surface area contributed by atoms with E-state index in [1.807, 2.05) is 18.4 Å². The topological polar surface area (TPSA) is 48.7 Å². The second-order valence-corrected chi connectivity index (χ2v) is 8.26. The van der Waals surface area contributed by atoms with Crippen LogP contribution in [0.5, 0.6) is 0 Å². The highest BCUT2D eigenvalue weighted by molar-refractivity contribution is 5.93. The van der Waals surface area contributed by atoms with Gasteiger partial charge in [0.2, 0.25) is 0 Å². The summed E-state index contributed by atoms with van der Waals surface area (Å²) in [4.78, 5) is 11.7. The Labute approximate surface area is 181 Å². The first-order valence-electron chi connectivity index (χ1n) is 10.9. The minimum atomic E-state index is -0.310. The van der Waals surface area contributed by atoms with Crippen LogP contribution in [0.4, 0.5) is 0 Å². The van der Waals surface area contributed by atoms with Crippen LogP contribution in [0.2, 0.25) is 0 Å². The van der Waals surface area contributed by atoms with Gasteiger partial charge in [-0.05, 0) is 89.3 Å². The monoisotopic (exact) mass is 412 g/mol. The van der Waals surface area contributed by atoms with Gasteiger partial charge in [-0.15, -0.1) is 0 Å². The summed E-state index contributed by atoms with van der Waals surface area (Å²) < 4.78 is 15.7. The number of hydrogen-bond donors (Lipinski definition) is 0. The Morgan fingerprint density at radius 1 is 1.17 bits per heavy atom. The Bertz CT molecular complexity index is 806. The SMILES string of the molecule is COC1=C(C)C(=O)O/C1=C\C(C)CCC/C(C)=C/CC/C(C)=C/CCc1ccoc1. The van der Waals surface area contributed by atoms with E-state index in [0.717, 1.165) is 44.9 Å². The summed E-state index contributed by atoms with van der Waals surface area (Å²) in [5.41, 5.74) is 4.70. The summed E-state index contributed by atoms with van der Waals surface area (Å²) in [7, 11) is 1.57. The second-order valence-electron chi connectivity index (χ2n) is 8.26. The fourth-order valence-electron chi connectivity index (χ4n) is 3.58. The van der Waals surface area contributed by atoms with E-state index >= 15 is 0 Å². The average molecular weight is 413 g/mol. The predicted molar refractivity (Wildman–Crippen MR) is 121 cm³/mol. The van der Waals surface area contributed by atoms with Gasteiger partial charge in [0, 0.05) is 0 Å². The van der Waals surface area contributed by atoms with Crippen molar-refractivity contribution in [1.29, 1.82) is 0 Å². The van der Waals surface area contributed by atoms with E-state index < -0.39 is 0 Å². The Hall–Kier alpha value is -2.49. The third kappa shape index (κ3) is 7.74. The molecule has 2 rings (SSSR count). The van der Waals surface area contributed by atoms with E-state index in [-0.39, 0.29) is 5.97 Å². The van der Waals surface area contributed by atoms with Crippen LogP contribution in [0.3, 0.4) is 0 Å². The third-order valence-corrected chi connectivity index (χ3v) is 5.48. The summed E-state index contributed by atoms with van der Waals surface area (Å²) in [6, 6.07) is 2.03. The normalized spacial score (nSPS) is 17.6. The van der Waals surface area contributed by atoms with Gasteiger partial charge in [-0.1, -0.05) is 30.2 Å². The number of aryl methyl sites for hydroxylation is 1. The maximum absolute atomic E-state index is 11.7. The minimum Gasteiger partial charge on any atom is -0.492 e. The zero-order valence-electron chi connectivity index (χ0n) is 19.1. The molecule has 0 radical (unpaired) electrons. The van der Waals surface area contributed by atoms with Gasteiger partial charge in [0.15, 0.2) is 11.5 Å². The van der Waals surface area contributed by atoms with Crippen LogP contribution in [0.15, 0.2) is 69.5 Å². The molecule has 1 aromatic heterocycles. The van der Waals surface area contributed by atoms with Crippen LogP contribution >= 0.6 is 0 Å². The number of methoxy groups -OCH3 is 1. The quantitative estimate of drug-likeness (QED) is 0.272.